The fraction of sp³-hybridized carbons (Fsp3) is 0.385. The molecular formula is C13H16BrN3O2. The van der Waals surface area contributed by atoms with Crippen molar-refractivity contribution in [2.24, 2.45) is 7.05 Å². The number of aromatic nitrogens is 2. The number of rotatable bonds is 6. The van der Waals surface area contributed by atoms with Gasteiger partial charge in [0, 0.05) is 29.9 Å². The van der Waals surface area contributed by atoms with Crippen molar-refractivity contribution in [3.63, 3.8) is 0 Å². The van der Waals surface area contributed by atoms with E-state index in [0.717, 1.165) is 34.2 Å². The minimum absolute atomic E-state index is 0.220. The normalized spacial score (nSPS) is 10.8. The molecule has 0 aliphatic carbocycles. The predicted molar refractivity (Wildman–Crippen MR) is 78.4 cm³/mol. The summed E-state index contributed by atoms with van der Waals surface area (Å²) in [6, 6.07) is 6.03. The van der Waals surface area contributed by atoms with Gasteiger partial charge in [0.05, 0.1) is 5.52 Å². The maximum absolute atomic E-state index is 10.4. The molecule has 0 spiro atoms. The van der Waals surface area contributed by atoms with E-state index in [1.165, 1.54) is 0 Å². The van der Waals surface area contributed by atoms with Crippen LogP contribution >= 0.6 is 15.9 Å². The quantitative estimate of drug-likeness (QED) is 0.801. The average Bonchev–Trinajstić information content (AvgIpc) is 2.65. The van der Waals surface area contributed by atoms with E-state index in [-0.39, 0.29) is 6.42 Å². The molecule has 2 aromatic rings. The van der Waals surface area contributed by atoms with Crippen molar-refractivity contribution < 1.29 is 9.90 Å². The van der Waals surface area contributed by atoms with Crippen LogP contribution in [-0.4, -0.2) is 27.4 Å². The van der Waals surface area contributed by atoms with Gasteiger partial charge in [-0.3, -0.25) is 9.48 Å². The Bertz CT molecular complexity index is 595. The second-order valence-corrected chi connectivity index (χ2v) is 5.33. The third-order valence-electron chi connectivity index (χ3n) is 2.92. The predicted octanol–water partition coefficient (Wildman–Crippen LogP) is 3.00. The van der Waals surface area contributed by atoms with Crippen molar-refractivity contribution in [3.05, 3.63) is 22.7 Å². The number of carboxylic acid groups (broad SMARTS) is 1. The molecule has 0 aliphatic heterocycles. The van der Waals surface area contributed by atoms with Gasteiger partial charge in [0.15, 0.2) is 5.82 Å². The number of anilines is 1. The summed E-state index contributed by atoms with van der Waals surface area (Å²) in [5.41, 5.74) is 1.06. The fourth-order valence-electron chi connectivity index (χ4n) is 1.97. The van der Waals surface area contributed by atoms with Crippen LogP contribution < -0.4 is 5.32 Å². The molecule has 1 heterocycles. The summed E-state index contributed by atoms with van der Waals surface area (Å²) in [6.45, 7) is 0.732. The van der Waals surface area contributed by atoms with E-state index in [9.17, 15) is 4.79 Å². The Morgan fingerprint density at radius 2 is 2.26 bits per heavy atom. The number of fused-ring (bicyclic) bond motifs is 1. The van der Waals surface area contributed by atoms with E-state index in [1.54, 1.807) is 0 Å². The lowest BCUT2D eigenvalue weighted by atomic mass is 10.2. The molecule has 0 saturated heterocycles. The van der Waals surface area contributed by atoms with Gasteiger partial charge in [-0.25, -0.2) is 0 Å². The lowest BCUT2D eigenvalue weighted by Gasteiger charge is -2.02. The highest BCUT2D eigenvalue weighted by atomic mass is 79.9. The van der Waals surface area contributed by atoms with Crippen LogP contribution in [0.25, 0.3) is 10.9 Å². The Hall–Kier alpha value is -1.56. The smallest absolute Gasteiger partial charge is 0.303 e. The molecular weight excluding hydrogens is 310 g/mol. The highest BCUT2D eigenvalue weighted by molar-refractivity contribution is 9.10. The largest absolute Gasteiger partial charge is 0.481 e. The number of nitrogens with zero attached hydrogens (tertiary/aromatic N) is 2. The van der Waals surface area contributed by atoms with Crippen molar-refractivity contribution in [2.75, 3.05) is 11.9 Å². The Labute approximate surface area is 119 Å². The van der Waals surface area contributed by atoms with Crippen LogP contribution in [0.15, 0.2) is 22.7 Å². The van der Waals surface area contributed by atoms with Gasteiger partial charge in [0.1, 0.15) is 0 Å². The van der Waals surface area contributed by atoms with Crippen molar-refractivity contribution in [3.8, 4) is 0 Å². The Balaban J connectivity index is 1.99. The number of unbranched alkanes of at least 4 members (excludes halogenated alkanes) is 1. The molecule has 1 aromatic heterocycles. The first-order chi connectivity index (χ1) is 9.08. The van der Waals surface area contributed by atoms with Gasteiger partial charge < -0.3 is 10.4 Å². The minimum Gasteiger partial charge on any atom is -0.481 e. The second-order valence-electron chi connectivity index (χ2n) is 4.41. The van der Waals surface area contributed by atoms with Crippen LogP contribution in [0.1, 0.15) is 19.3 Å². The molecule has 0 radical (unpaired) electrons. The number of benzene rings is 1. The molecule has 0 fully saturated rings. The number of aliphatic carboxylic acids is 1. The number of nitrogens with one attached hydrogen (secondary N) is 1. The molecule has 0 amide bonds. The maximum atomic E-state index is 10.4. The van der Waals surface area contributed by atoms with Crippen LogP contribution in [0.4, 0.5) is 5.82 Å². The summed E-state index contributed by atoms with van der Waals surface area (Å²) in [7, 11) is 1.91. The molecule has 0 aliphatic rings. The summed E-state index contributed by atoms with van der Waals surface area (Å²) in [6.07, 6.45) is 1.72. The van der Waals surface area contributed by atoms with Gasteiger partial charge in [0.25, 0.3) is 0 Å². The van der Waals surface area contributed by atoms with Crippen molar-refractivity contribution >= 4 is 38.6 Å². The van der Waals surface area contributed by atoms with Crippen LogP contribution in [0.2, 0.25) is 0 Å². The fourth-order valence-corrected chi connectivity index (χ4v) is 2.32. The van der Waals surface area contributed by atoms with Gasteiger partial charge in [-0.2, -0.15) is 5.10 Å². The zero-order valence-corrected chi connectivity index (χ0v) is 12.3. The van der Waals surface area contributed by atoms with Crippen LogP contribution in [0.5, 0.6) is 0 Å². The number of carbonyl (C=O) groups is 1. The molecule has 102 valence electrons. The van der Waals surface area contributed by atoms with Crippen LogP contribution in [-0.2, 0) is 11.8 Å². The van der Waals surface area contributed by atoms with Gasteiger partial charge in [-0.1, -0.05) is 15.9 Å². The highest BCUT2D eigenvalue weighted by Crippen LogP contribution is 2.25. The number of hydrogen-bond donors (Lipinski definition) is 2. The van der Waals surface area contributed by atoms with Crippen molar-refractivity contribution in [1.29, 1.82) is 0 Å². The Morgan fingerprint density at radius 1 is 1.47 bits per heavy atom. The molecule has 5 nitrogen and oxygen atoms in total. The third-order valence-corrected chi connectivity index (χ3v) is 3.42. The number of carboxylic acids is 1. The molecule has 0 unspecified atom stereocenters. The second kappa shape index (κ2) is 6.06. The zero-order valence-electron chi connectivity index (χ0n) is 10.7. The SMILES string of the molecule is Cn1nc(NCCCCC(=O)O)c2ccc(Br)cc21. The van der Waals surface area contributed by atoms with E-state index >= 15 is 0 Å². The minimum atomic E-state index is -0.742. The third kappa shape index (κ3) is 3.47. The first kappa shape index (κ1) is 13.9. The van der Waals surface area contributed by atoms with Crippen molar-refractivity contribution in [2.45, 2.75) is 19.3 Å². The van der Waals surface area contributed by atoms with Crippen molar-refractivity contribution in [1.82, 2.24) is 9.78 Å². The Kier molecular flexibility index (Phi) is 4.42. The van der Waals surface area contributed by atoms with Gasteiger partial charge >= 0.3 is 5.97 Å². The lowest BCUT2D eigenvalue weighted by Crippen LogP contribution is -2.04. The Morgan fingerprint density at radius 3 is 3.00 bits per heavy atom. The van der Waals surface area contributed by atoms with E-state index in [0.29, 0.717) is 6.42 Å². The molecule has 19 heavy (non-hydrogen) atoms. The maximum Gasteiger partial charge on any atom is 0.303 e. The lowest BCUT2D eigenvalue weighted by molar-refractivity contribution is -0.137. The first-order valence-electron chi connectivity index (χ1n) is 6.16. The molecule has 0 atom stereocenters. The number of halogens is 1. The molecule has 0 bridgehead atoms. The summed E-state index contributed by atoms with van der Waals surface area (Å²) in [5.74, 6) is 0.105. The van der Waals surface area contributed by atoms with E-state index in [2.05, 4.69) is 26.3 Å². The summed E-state index contributed by atoms with van der Waals surface area (Å²) < 4.78 is 2.86. The summed E-state index contributed by atoms with van der Waals surface area (Å²) in [4.78, 5) is 10.4. The monoisotopic (exact) mass is 325 g/mol. The summed E-state index contributed by atoms with van der Waals surface area (Å²) in [5, 5.41) is 17.3. The average molecular weight is 326 g/mol. The first-order valence-corrected chi connectivity index (χ1v) is 6.95. The van der Waals surface area contributed by atoms with E-state index < -0.39 is 5.97 Å². The van der Waals surface area contributed by atoms with Gasteiger partial charge in [-0.05, 0) is 31.0 Å². The van der Waals surface area contributed by atoms with Gasteiger partial charge in [-0.15, -0.1) is 0 Å². The van der Waals surface area contributed by atoms with E-state index in [4.69, 9.17) is 5.11 Å². The molecule has 6 heteroatoms. The standard InChI is InChI=1S/C13H16BrN3O2/c1-17-11-8-9(14)5-6-10(11)13(16-17)15-7-3-2-4-12(18)19/h5-6,8H,2-4,7H2,1H3,(H,15,16)(H,18,19). The van der Waals surface area contributed by atoms with Crippen LogP contribution in [0, 0.1) is 0 Å². The molecule has 0 saturated carbocycles. The van der Waals surface area contributed by atoms with Gasteiger partial charge in [0.2, 0.25) is 0 Å². The van der Waals surface area contributed by atoms with Crippen LogP contribution in [0.3, 0.4) is 0 Å². The number of hydrogen-bond acceptors (Lipinski definition) is 3. The highest BCUT2D eigenvalue weighted by Gasteiger charge is 2.08. The zero-order chi connectivity index (χ0) is 13.8. The molecule has 2 rings (SSSR count). The topological polar surface area (TPSA) is 67.2 Å². The van der Waals surface area contributed by atoms with E-state index in [1.807, 2.05) is 29.9 Å². The number of aryl methyl sites for hydroxylation is 1. The summed E-state index contributed by atoms with van der Waals surface area (Å²) >= 11 is 3.45. The molecule has 2 N–H and O–H groups in total. The molecule has 1 aromatic carbocycles.